The van der Waals surface area contributed by atoms with Crippen LogP contribution < -0.4 is 0 Å². The third-order valence-electron chi connectivity index (χ3n) is 4.56. The SMILES string of the molecule is c1ccc2c(C3OCN4CCCCC34)cccc2c1. The molecule has 2 aromatic carbocycles. The lowest BCUT2D eigenvalue weighted by atomic mass is 9.91. The van der Waals surface area contributed by atoms with Crippen LogP contribution in [-0.4, -0.2) is 24.2 Å². The smallest absolute Gasteiger partial charge is 0.100 e. The Morgan fingerprint density at radius 1 is 1.00 bits per heavy atom. The first kappa shape index (κ1) is 11.4. The number of benzene rings is 2. The largest absolute Gasteiger partial charge is 0.356 e. The molecule has 0 amide bonds. The van der Waals surface area contributed by atoms with E-state index in [1.54, 1.807) is 0 Å². The zero-order valence-corrected chi connectivity index (χ0v) is 11.1. The second kappa shape index (κ2) is 4.62. The highest BCUT2D eigenvalue weighted by molar-refractivity contribution is 5.86. The fourth-order valence-corrected chi connectivity index (χ4v) is 3.60. The van der Waals surface area contributed by atoms with Crippen molar-refractivity contribution in [2.24, 2.45) is 0 Å². The highest BCUT2D eigenvalue weighted by atomic mass is 16.5. The first-order valence-corrected chi connectivity index (χ1v) is 7.27. The monoisotopic (exact) mass is 253 g/mol. The van der Waals surface area contributed by atoms with Crippen molar-refractivity contribution in [2.45, 2.75) is 31.4 Å². The van der Waals surface area contributed by atoms with E-state index in [0.717, 1.165) is 6.73 Å². The van der Waals surface area contributed by atoms with Crippen molar-refractivity contribution >= 4 is 10.8 Å². The molecule has 0 aliphatic carbocycles. The Bertz CT molecular complexity index is 589. The van der Waals surface area contributed by atoms with Crippen LogP contribution in [-0.2, 0) is 4.74 Å². The minimum atomic E-state index is 0.256. The lowest BCUT2D eigenvalue weighted by Crippen LogP contribution is -2.36. The molecule has 0 saturated carbocycles. The molecule has 0 radical (unpaired) electrons. The highest BCUT2D eigenvalue weighted by Crippen LogP contribution is 2.39. The fraction of sp³-hybridized carbons (Fsp3) is 0.412. The van der Waals surface area contributed by atoms with Gasteiger partial charge in [0.25, 0.3) is 0 Å². The van der Waals surface area contributed by atoms with Gasteiger partial charge in [0.15, 0.2) is 0 Å². The lowest BCUT2D eigenvalue weighted by molar-refractivity contribution is 0.0904. The zero-order valence-electron chi connectivity index (χ0n) is 11.1. The van der Waals surface area contributed by atoms with Crippen molar-refractivity contribution in [1.29, 1.82) is 0 Å². The van der Waals surface area contributed by atoms with Gasteiger partial charge in [-0.1, -0.05) is 48.9 Å². The third kappa shape index (κ3) is 1.87. The molecule has 2 saturated heterocycles. The molecule has 0 aromatic heterocycles. The summed E-state index contributed by atoms with van der Waals surface area (Å²) in [6.45, 7) is 2.00. The number of nitrogens with zero attached hydrogens (tertiary/aromatic N) is 1. The van der Waals surface area contributed by atoms with Gasteiger partial charge in [0, 0.05) is 12.6 Å². The molecule has 4 rings (SSSR count). The van der Waals surface area contributed by atoms with Gasteiger partial charge in [0.2, 0.25) is 0 Å². The van der Waals surface area contributed by atoms with E-state index in [4.69, 9.17) is 4.74 Å². The molecule has 19 heavy (non-hydrogen) atoms. The van der Waals surface area contributed by atoms with Crippen LogP contribution in [0, 0.1) is 0 Å². The van der Waals surface area contributed by atoms with Crippen LogP contribution in [0.25, 0.3) is 10.8 Å². The molecular weight excluding hydrogens is 234 g/mol. The van der Waals surface area contributed by atoms with Crippen LogP contribution >= 0.6 is 0 Å². The van der Waals surface area contributed by atoms with Crippen LogP contribution in [0.3, 0.4) is 0 Å². The third-order valence-corrected chi connectivity index (χ3v) is 4.56. The van der Waals surface area contributed by atoms with E-state index in [-0.39, 0.29) is 6.10 Å². The van der Waals surface area contributed by atoms with E-state index in [1.165, 1.54) is 42.1 Å². The van der Waals surface area contributed by atoms with E-state index in [1.807, 2.05) is 0 Å². The van der Waals surface area contributed by atoms with E-state index in [9.17, 15) is 0 Å². The van der Waals surface area contributed by atoms with Crippen molar-refractivity contribution in [3.63, 3.8) is 0 Å². The van der Waals surface area contributed by atoms with Gasteiger partial charge in [-0.3, -0.25) is 4.90 Å². The molecule has 2 unspecified atom stereocenters. The number of fused-ring (bicyclic) bond motifs is 2. The number of rotatable bonds is 1. The van der Waals surface area contributed by atoms with Gasteiger partial charge >= 0.3 is 0 Å². The molecular formula is C17H19NO. The van der Waals surface area contributed by atoms with Gasteiger partial charge in [-0.2, -0.15) is 0 Å². The zero-order chi connectivity index (χ0) is 12.7. The maximum atomic E-state index is 6.12. The lowest BCUT2D eigenvalue weighted by Gasteiger charge is -2.30. The van der Waals surface area contributed by atoms with E-state index in [2.05, 4.69) is 47.4 Å². The molecule has 2 heterocycles. The Balaban J connectivity index is 1.78. The second-order valence-corrected chi connectivity index (χ2v) is 5.66. The van der Waals surface area contributed by atoms with Crippen molar-refractivity contribution in [3.8, 4) is 0 Å². The van der Waals surface area contributed by atoms with Crippen LogP contribution in [0.5, 0.6) is 0 Å². The van der Waals surface area contributed by atoms with Gasteiger partial charge in [-0.15, -0.1) is 0 Å². The number of hydrogen-bond acceptors (Lipinski definition) is 2. The summed E-state index contributed by atoms with van der Waals surface area (Å²) in [5.74, 6) is 0. The molecule has 2 aromatic rings. The second-order valence-electron chi connectivity index (χ2n) is 5.66. The first-order chi connectivity index (χ1) is 9.43. The van der Waals surface area contributed by atoms with Crippen molar-refractivity contribution < 1.29 is 4.74 Å². The first-order valence-electron chi connectivity index (χ1n) is 7.27. The maximum absolute atomic E-state index is 6.12. The summed E-state index contributed by atoms with van der Waals surface area (Å²) in [5, 5.41) is 2.67. The average Bonchev–Trinajstić information content (AvgIpc) is 2.90. The minimum Gasteiger partial charge on any atom is -0.356 e. The molecule has 2 nitrogen and oxygen atoms in total. The summed E-state index contributed by atoms with van der Waals surface area (Å²) in [4.78, 5) is 2.51. The summed E-state index contributed by atoms with van der Waals surface area (Å²) in [6, 6.07) is 15.8. The van der Waals surface area contributed by atoms with Gasteiger partial charge in [0.1, 0.15) is 12.8 Å². The predicted octanol–water partition coefficient (Wildman–Crippen LogP) is 3.72. The predicted molar refractivity (Wildman–Crippen MR) is 77.0 cm³/mol. The van der Waals surface area contributed by atoms with E-state index in [0.29, 0.717) is 6.04 Å². The topological polar surface area (TPSA) is 12.5 Å². The standard InChI is InChI=1S/C17H19NO/c1-2-8-14-13(6-1)7-5-9-15(14)17-16-10-3-4-11-18(16)12-19-17/h1-2,5-9,16-17H,3-4,10-12H2. The Morgan fingerprint density at radius 3 is 2.89 bits per heavy atom. The molecule has 2 heteroatoms. The Hall–Kier alpha value is -1.38. The Morgan fingerprint density at radius 2 is 1.89 bits per heavy atom. The molecule has 0 N–H and O–H groups in total. The normalized spacial score (nSPS) is 27.6. The molecule has 2 aliphatic rings. The Kier molecular flexibility index (Phi) is 2.78. The Labute approximate surface area is 114 Å². The van der Waals surface area contributed by atoms with Crippen LogP contribution in [0.2, 0.25) is 0 Å². The average molecular weight is 253 g/mol. The molecule has 0 spiro atoms. The summed E-state index contributed by atoms with van der Waals surface area (Å²) in [7, 11) is 0. The van der Waals surface area contributed by atoms with E-state index >= 15 is 0 Å². The van der Waals surface area contributed by atoms with Gasteiger partial charge in [-0.25, -0.2) is 0 Å². The molecule has 2 fully saturated rings. The van der Waals surface area contributed by atoms with E-state index < -0.39 is 0 Å². The summed E-state index contributed by atoms with van der Waals surface area (Å²) in [6.07, 6.45) is 4.19. The van der Waals surface area contributed by atoms with Crippen molar-refractivity contribution in [2.75, 3.05) is 13.3 Å². The quantitative estimate of drug-likeness (QED) is 0.768. The molecule has 0 bridgehead atoms. The molecule has 2 atom stereocenters. The van der Waals surface area contributed by atoms with Gasteiger partial charge < -0.3 is 4.74 Å². The van der Waals surface area contributed by atoms with Crippen LogP contribution in [0.1, 0.15) is 30.9 Å². The summed E-state index contributed by atoms with van der Waals surface area (Å²) < 4.78 is 6.12. The van der Waals surface area contributed by atoms with Gasteiger partial charge in [-0.05, 0) is 29.2 Å². The summed E-state index contributed by atoms with van der Waals surface area (Å²) >= 11 is 0. The van der Waals surface area contributed by atoms with Crippen LogP contribution in [0.15, 0.2) is 42.5 Å². The molecule has 98 valence electrons. The maximum Gasteiger partial charge on any atom is 0.100 e. The number of piperidine rings is 1. The number of hydrogen-bond donors (Lipinski definition) is 0. The van der Waals surface area contributed by atoms with Crippen LogP contribution in [0.4, 0.5) is 0 Å². The van der Waals surface area contributed by atoms with Gasteiger partial charge in [0.05, 0.1) is 0 Å². The fourth-order valence-electron chi connectivity index (χ4n) is 3.60. The van der Waals surface area contributed by atoms with Crippen molar-refractivity contribution in [3.05, 3.63) is 48.0 Å². The minimum absolute atomic E-state index is 0.256. The molecule has 2 aliphatic heterocycles. The number of ether oxygens (including phenoxy) is 1. The highest BCUT2D eigenvalue weighted by Gasteiger charge is 2.37. The van der Waals surface area contributed by atoms with Crippen molar-refractivity contribution in [1.82, 2.24) is 4.90 Å². The summed E-state index contributed by atoms with van der Waals surface area (Å²) in [5.41, 5.74) is 1.37.